The molecule has 1 saturated carbocycles. The van der Waals surface area contributed by atoms with Crippen molar-refractivity contribution in [2.24, 2.45) is 11.8 Å². The molecule has 0 heterocycles. The minimum absolute atomic E-state index is 0.198. The highest BCUT2D eigenvalue weighted by molar-refractivity contribution is 6.31. The molecule has 118 valence electrons. The van der Waals surface area contributed by atoms with Gasteiger partial charge < -0.3 is 5.32 Å². The van der Waals surface area contributed by atoms with E-state index in [2.05, 4.69) is 12.2 Å². The van der Waals surface area contributed by atoms with E-state index in [1.165, 1.54) is 44.6 Å². The second kappa shape index (κ2) is 8.14. The standard InChI is InChI=1S/C18H27ClFN/c1-3-4-13-5-7-14(8-6-13)18(21-2)12-15-11-16(20)9-10-17(15)19/h9-11,13-14,18,21H,3-8,12H2,1-2H3. The third-order valence-corrected chi connectivity index (χ3v) is 5.34. The molecule has 21 heavy (non-hydrogen) atoms. The van der Waals surface area contributed by atoms with Crippen LogP contribution in [0.4, 0.5) is 4.39 Å². The maximum atomic E-state index is 13.4. The highest BCUT2D eigenvalue weighted by atomic mass is 35.5. The normalized spacial score (nSPS) is 24.0. The summed E-state index contributed by atoms with van der Waals surface area (Å²) in [6.07, 6.45) is 8.72. The van der Waals surface area contributed by atoms with Gasteiger partial charge in [0.1, 0.15) is 5.82 Å². The lowest BCUT2D eigenvalue weighted by Gasteiger charge is -2.34. The van der Waals surface area contributed by atoms with Crippen LogP contribution in [0.3, 0.4) is 0 Å². The van der Waals surface area contributed by atoms with Crippen LogP contribution in [0.2, 0.25) is 5.02 Å². The van der Waals surface area contributed by atoms with E-state index in [0.29, 0.717) is 17.0 Å². The van der Waals surface area contributed by atoms with Gasteiger partial charge in [-0.05, 0) is 61.9 Å². The fourth-order valence-corrected chi connectivity index (χ4v) is 3.92. The summed E-state index contributed by atoms with van der Waals surface area (Å²) in [7, 11) is 2.01. The molecule has 0 radical (unpaired) electrons. The molecule has 1 atom stereocenters. The number of nitrogens with one attached hydrogen (secondary N) is 1. The van der Waals surface area contributed by atoms with Gasteiger partial charge >= 0.3 is 0 Å². The molecule has 1 fully saturated rings. The van der Waals surface area contributed by atoms with Crippen molar-refractivity contribution in [3.8, 4) is 0 Å². The molecule has 0 aliphatic heterocycles. The summed E-state index contributed by atoms with van der Waals surface area (Å²) >= 11 is 6.21. The number of hydrogen-bond donors (Lipinski definition) is 1. The molecule has 1 aromatic rings. The van der Waals surface area contributed by atoms with Crippen LogP contribution >= 0.6 is 11.6 Å². The Hall–Kier alpha value is -0.600. The Labute approximate surface area is 133 Å². The molecular formula is C18H27ClFN. The fourth-order valence-electron chi connectivity index (χ4n) is 3.73. The average molecular weight is 312 g/mol. The van der Waals surface area contributed by atoms with Gasteiger partial charge in [0.05, 0.1) is 0 Å². The predicted octanol–water partition coefficient (Wildman–Crippen LogP) is 5.22. The Morgan fingerprint density at radius 3 is 2.62 bits per heavy atom. The van der Waals surface area contributed by atoms with Gasteiger partial charge in [-0.3, -0.25) is 0 Å². The molecule has 1 aliphatic rings. The first-order valence-electron chi connectivity index (χ1n) is 8.25. The lowest BCUT2D eigenvalue weighted by atomic mass is 9.76. The van der Waals surface area contributed by atoms with Crippen LogP contribution in [-0.4, -0.2) is 13.1 Å². The average Bonchev–Trinajstić information content (AvgIpc) is 2.49. The van der Waals surface area contributed by atoms with Crippen LogP contribution in [0.5, 0.6) is 0 Å². The van der Waals surface area contributed by atoms with Gasteiger partial charge in [0.15, 0.2) is 0 Å². The maximum absolute atomic E-state index is 13.4. The monoisotopic (exact) mass is 311 g/mol. The zero-order chi connectivity index (χ0) is 15.2. The van der Waals surface area contributed by atoms with E-state index in [4.69, 9.17) is 11.6 Å². The van der Waals surface area contributed by atoms with Gasteiger partial charge in [-0.15, -0.1) is 0 Å². The summed E-state index contributed by atoms with van der Waals surface area (Å²) in [4.78, 5) is 0. The minimum atomic E-state index is -0.198. The molecule has 1 aliphatic carbocycles. The number of benzene rings is 1. The molecule has 1 unspecified atom stereocenters. The number of rotatable bonds is 6. The van der Waals surface area contributed by atoms with Crippen molar-refractivity contribution in [3.05, 3.63) is 34.6 Å². The highest BCUT2D eigenvalue weighted by Gasteiger charge is 2.27. The lowest BCUT2D eigenvalue weighted by Crippen LogP contribution is -2.37. The molecular weight excluding hydrogens is 285 g/mol. The van der Waals surface area contributed by atoms with Gasteiger partial charge in [0.2, 0.25) is 0 Å². The fraction of sp³-hybridized carbons (Fsp3) is 0.667. The molecule has 1 aromatic carbocycles. The molecule has 1 N–H and O–H groups in total. The van der Waals surface area contributed by atoms with Gasteiger partial charge in [-0.25, -0.2) is 4.39 Å². The van der Waals surface area contributed by atoms with Crippen molar-refractivity contribution in [2.75, 3.05) is 7.05 Å². The number of halogens is 2. The summed E-state index contributed by atoms with van der Waals surface area (Å²) in [6, 6.07) is 5.06. The molecule has 3 heteroatoms. The molecule has 0 bridgehead atoms. The second-order valence-corrected chi connectivity index (χ2v) is 6.81. The van der Waals surface area contributed by atoms with Gasteiger partial charge in [0, 0.05) is 11.1 Å². The maximum Gasteiger partial charge on any atom is 0.123 e. The minimum Gasteiger partial charge on any atom is -0.316 e. The molecule has 0 saturated heterocycles. The van der Waals surface area contributed by atoms with E-state index in [0.717, 1.165) is 17.9 Å². The van der Waals surface area contributed by atoms with E-state index in [1.54, 1.807) is 12.1 Å². The van der Waals surface area contributed by atoms with E-state index < -0.39 is 0 Å². The van der Waals surface area contributed by atoms with Crippen LogP contribution < -0.4 is 5.32 Å². The van der Waals surface area contributed by atoms with Gasteiger partial charge in [0.25, 0.3) is 0 Å². The molecule has 0 spiro atoms. The smallest absolute Gasteiger partial charge is 0.123 e. The summed E-state index contributed by atoms with van der Waals surface area (Å²) < 4.78 is 13.4. The van der Waals surface area contributed by atoms with Crippen LogP contribution in [0.1, 0.15) is 51.0 Å². The Morgan fingerprint density at radius 1 is 1.29 bits per heavy atom. The van der Waals surface area contributed by atoms with E-state index >= 15 is 0 Å². The second-order valence-electron chi connectivity index (χ2n) is 6.40. The third kappa shape index (κ3) is 4.69. The Kier molecular flexibility index (Phi) is 6.50. The molecule has 0 aromatic heterocycles. The zero-order valence-electron chi connectivity index (χ0n) is 13.2. The van der Waals surface area contributed by atoms with Crippen molar-refractivity contribution < 1.29 is 4.39 Å². The van der Waals surface area contributed by atoms with Crippen molar-refractivity contribution in [2.45, 2.75) is 57.9 Å². The van der Waals surface area contributed by atoms with Crippen LogP contribution in [0.15, 0.2) is 18.2 Å². The van der Waals surface area contributed by atoms with Crippen molar-refractivity contribution >= 4 is 11.6 Å². The third-order valence-electron chi connectivity index (χ3n) is 4.98. The van der Waals surface area contributed by atoms with Crippen LogP contribution in [0.25, 0.3) is 0 Å². The summed E-state index contributed by atoms with van der Waals surface area (Å²) in [6.45, 7) is 2.27. The molecule has 0 amide bonds. The first-order chi connectivity index (χ1) is 10.1. The number of likely N-dealkylation sites (N-methyl/N-ethyl adjacent to an activating group) is 1. The summed E-state index contributed by atoms with van der Waals surface area (Å²) in [5.41, 5.74) is 0.923. The van der Waals surface area contributed by atoms with E-state index in [-0.39, 0.29) is 5.82 Å². The van der Waals surface area contributed by atoms with Crippen LogP contribution in [-0.2, 0) is 6.42 Å². The summed E-state index contributed by atoms with van der Waals surface area (Å²) in [5.74, 6) is 1.40. The quantitative estimate of drug-likeness (QED) is 0.760. The van der Waals surface area contributed by atoms with Crippen LogP contribution in [0, 0.1) is 17.7 Å². The molecule has 2 rings (SSSR count). The Bertz CT molecular complexity index is 441. The van der Waals surface area contributed by atoms with Crippen molar-refractivity contribution in [1.82, 2.24) is 5.32 Å². The molecule has 1 nitrogen and oxygen atoms in total. The van der Waals surface area contributed by atoms with E-state index in [9.17, 15) is 4.39 Å². The first kappa shape index (κ1) is 16.8. The Balaban J connectivity index is 1.96. The largest absolute Gasteiger partial charge is 0.316 e. The van der Waals surface area contributed by atoms with Gasteiger partial charge in [-0.1, -0.05) is 44.2 Å². The summed E-state index contributed by atoms with van der Waals surface area (Å²) in [5, 5.41) is 4.11. The van der Waals surface area contributed by atoms with Crippen molar-refractivity contribution in [1.29, 1.82) is 0 Å². The zero-order valence-corrected chi connectivity index (χ0v) is 13.9. The predicted molar refractivity (Wildman–Crippen MR) is 88.3 cm³/mol. The van der Waals surface area contributed by atoms with Crippen molar-refractivity contribution in [3.63, 3.8) is 0 Å². The SMILES string of the molecule is CCCC1CCC(C(Cc2cc(F)ccc2Cl)NC)CC1. The lowest BCUT2D eigenvalue weighted by molar-refractivity contribution is 0.217. The first-order valence-corrected chi connectivity index (χ1v) is 8.63. The number of hydrogen-bond acceptors (Lipinski definition) is 1. The van der Waals surface area contributed by atoms with Gasteiger partial charge in [-0.2, -0.15) is 0 Å². The highest BCUT2D eigenvalue weighted by Crippen LogP contribution is 2.34. The topological polar surface area (TPSA) is 12.0 Å². The van der Waals surface area contributed by atoms with E-state index in [1.807, 2.05) is 7.05 Å². The Morgan fingerprint density at radius 2 is 2.00 bits per heavy atom.